The number of para-hydroxylation sites is 1. The van der Waals surface area contributed by atoms with Gasteiger partial charge in [-0.2, -0.15) is 0 Å². The monoisotopic (exact) mass is 256 g/mol. The minimum Gasteiger partial charge on any atom is -0.325 e. The number of fused-ring (bicyclic) bond motifs is 3. The Labute approximate surface area is 101 Å². The third-order valence-corrected chi connectivity index (χ3v) is 3.41. The number of hydrogen-bond acceptors (Lipinski definition) is 3. The molecule has 3 rings (SSSR count). The van der Waals surface area contributed by atoms with Crippen LogP contribution in [0.25, 0.3) is 5.57 Å². The van der Waals surface area contributed by atoms with Crippen molar-refractivity contribution in [1.82, 2.24) is 5.32 Å². The van der Waals surface area contributed by atoms with Gasteiger partial charge in [-0.3, -0.25) is 10.0 Å². The first-order chi connectivity index (χ1) is 7.61. The Balaban J connectivity index is 2.31. The van der Waals surface area contributed by atoms with Crippen LogP contribution in [0.2, 0.25) is 5.02 Å². The second kappa shape index (κ2) is 3.13. The first-order valence-electron chi connectivity index (χ1n) is 4.59. The molecule has 2 aliphatic rings. The van der Waals surface area contributed by atoms with Crippen LogP contribution in [0.1, 0.15) is 5.56 Å². The largest absolute Gasteiger partial charge is 0.325 e. The van der Waals surface area contributed by atoms with Crippen molar-refractivity contribution in [1.29, 1.82) is 0 Å². The van der Waals surface area contributed by atoms with E-state index in [1.807, 2.05) is 0 Å². The molecule has 1 aromatic rings. The lowest BCUT2D eigenvalue weighted by Crippen LogP contribution is -2.40. The van der Waals surface area contributed by atoms with Gasteiger partial charge in [0.15, 0.2) is 6.17 Å². The summed E-state index contributed by atoms with van der Waals surface area (Å²) >= 11 is 11.9. The summed E-state index contributed by atoms with van der Waals surface area (Å²) in [6.07, 6.45) is -0.630. The molecule has 0 saturated carbocycles. The summed E-state index contributed by atoms with van der Waals surface area (Å²) < 4.78 is 0. The molecule has 82 valence electrons. The van der Waals surface area contributed by atoms with E-state index in [2.05, 4.69) is 5.32 Å². The van der Waals surface area contributed by atoms with E-state index < -0.39 is 6.17 Å². The highest BCUT2D eigenvalue weighted by Gasteiger charge is 2.43. The Kier molecular flexibility index (Phi) is 1.95. The average molecular weight is 257 g/mol. The zero-order chi connectivity index (χ0) is 11.4. The minimum atomic E-state index is -0.630. The van der Waals surface area contributed by atoms with Crippen molar-refractivity contribution >= 4 is 40.4 Å². The molecule has 1 atom stereocenters. The molecule has 1 unspecified atom stereocenters. The smallest absolute Gasteiger partial charge is 0.265 e. The van der Waals surface area contributed by atoms with Gasteiger partial charge in [-0.25, -0.2) is 5.06 Å². The number of halogens is 2. The van der Waals surface area contributed by atoms with Crippen LogP contribution in [0.15, 0.2) is 23.2 Å². The summed E-state index contributed by atoms with van der Waals surface area (Å²) in [5, 5.41) is 13.9. The van der Waals surface area contributed by atoms with Gasteiger partial charge in [-0.1, -0.05) is 35.3 Å². The lowest BCUT2D eigenvalue weighted by molar-refractivity contribution is -0.116. The number of benzene rings is 1. The molecule has 0 bridgehead atoms. The standard InChI is InChI=1S/C10H6Cl2N2O2/c11-5-3-1-2-4-6-7(12)10(15)13-9(6)14(16)8(4)5/h1-3,9,16H,(H,13,15). The van der Waals surface area contributed by atoms with Crippen LogP contribution >= 0.6 is 23.2 Å². The maximum Gasteiger partial charge on any atom is 0.265 e. The Hall–Kier alpha value is -1.23. The number of anilines is 1. The van der Waals surface area contributed by atoms with Gasteiger partial charge >= 0.3 is 0 Å². The third-order valence-electron chi connectivity index (χ3n) is 2.73. The normalized spacial score (nSPS) is 22.3. The minimum absolute atomic E-state index is 0.102. The molecule has 0 saturated heterocycles. The van der Waals surface area contributed by atoms with Crippen LogP contribution in [-0.2, 0) is 4.79 Å². The molecule has 2 N–H and O–H groups in total. The maximum atomic E-state index is 11.4. The highest BCUT2D eigenvalue weighted by atomic mass is 35.5. The number of hydrogen-bond donors (Lipinski definition) is 2. The molecule has 0 aromatic heterocycles. The Bertz CT molecular complexity index is 542. The highest BCUT2D eigenvalue weighted by molar-refractivity contribution is 6.47. The second-order valence-corrected chi connectivity index (χ2v) is 4.37. The highest BCUT2D eigenvalue weighted by Crippen LogP contribution is 2.46. The summed E-state index contributed by atoms with van der Waals surface area (Å²) in [5.74, 6) is -0.383. The van der Waals surface area contributed by atoms with Crippen molar-refractivity contribution in [3.8, 4) is 0 Å². The van der Waals surface area contributed by atoms with Crippen LogP contribution in [0.5, 0.6) is 0 Å². The number of amides is 1. The van der Waals surface area contributed by atoms with Crippen LogP contribution in [0.4, 0.5) is 5.69 Å². The number of rotatable bonds is 0. The van der Waals surface area contributed by atoms with Crippen molar-refractivity contribution in [2.45, 2.75) is 6.17 Å². The van der Waals surface area contributed by atoms with E-state index in [0.717, 1.165) is 5.06 Å². The van der Waals surface area contributed by atoms with Gasteiger partial charge in [0, 0.05) is 11.1 Å². The summed E-state index contributed by atoms with van der Waals surface area (Å²) in [6.45, 7) is 0. The third kappa shape index (κ3) is 1.06. The second-order valence-electron chi connectivity index (χ2n) is 3.58. The van der Waals surface area contributed by atoms with Crippen molar-refractivity contribution < 1.29 is 10.0 Å². The van der Waals surface area contributed by atoms with E-state index in [9.17, 15) is 10.0 Å². The van der Waals surface area contributed by atoms with Crippen molar-refractivity contribution in [2.75, 3.05) is 5.06 Å². The number of carbonyl (C=O) groups is 1. The molecule has 0 fully saturated rings. The molecule has 0 radical (unpaired) electrons. The molecule has 2 heterocycles. The fraction of sp³-hybridized carbons (Fsp3) is 0.100. The van der Waals surface area contributed by atoms with Crippen LogP contribution in [0, 0.1) is 0 Å². The number of nitrogens with one attached hydrogen (secondary N) is 1. The molecule has 1 amide bonds. The summed E-state index contributed by atoms with van der Waals surface area (Å²) in [6, 6.07) is 5.18. The zero-order valence-electron chi connectivity index (χ0n) is 7.87. The van der Waals surface area contributed by atoms with Crippen molar-refractivity contribution in [3.63, 3.8) is 0 Å². The van der Waals surface area contributed by atoms with Crippen molar-refractivity contribution in [3.05, 3.63) is 33.8 Å². The quantitative estimate of drug-likeness (QED) is 0.746. The predicted octanol–water partition coefficient (Wildman–Crippen LogP) is 1.95. The Morgan fingerprint density at radius 2 is 2.12 bits per heavy atom. The molecule has 0 aliphatic carbocycles. The predicted molar refractivity (Wildman–Crippen MR) is 60.4 cm³/mol. The van der Waals surface area contributed by atoms with E-state index in [1.165, 1.54) is 0 Å². The molecule has 2 aliphatic heterocycles. The summed E-state index contributed by atoms with van der Waals surface area (Å²) in [4.78, 5) is 11.4. The van der Waals surface area contributed by atoms with Crippen molar-refractivity contribution in [2.24, 2.45) is 0 Å². The van der Waals surface area contributed by atoms with Gasteiger partial charge in [-0.05, 0) is 6.07 Å². The lowest BCUT2D eigenvalue weighted by atomic mass is 10.1. The van der Waals surface area contributed by atoms with Gasteiger partial charge in [0.2, 0.25) is 0 Å². The van der Waals surface area contributed by atoms with Gasteiger partial charge in [0.1, 0.15) is 5.03 Å². The summed E-state index contributed by atoms with van der Waals surface area (Å²) in [5.41, 5.74) is 1.73. The van der Waals surface area contributed by atoms with Gasteiger partial charge in [0.25, 0.3) is 5.91 Å². The van der Waals surface area contributed by atoms with Gasteiger partial charge in [0.05, 0.1) is 10.7 Å². The van der Waals surface area contributed by atoms with E-state index in [1.54, 1.807) is 18.2 Å². The Morgan fingerprint density at radius 3 is 2.88 bits per heavy atom. The van der Waals surface area contributed by atoms with E-state index in [0.29, 0.717) is 21.8 Å². The van der Waals surface area contributed by atoms with E-state index in [4.69, 9.17) is 23.2 Å². The summed E-state index contributed by atoms with van der Waals surface area (Å²) in [7, 11) is 0. The number of nitrogens with zero attached hydrogens (tertiary/aromatic N) is 1. The molecule has 0 spiro atoms. The van der Waals surface area contributed by atoms with Crippen LogP contribution in [0.3, 0.4) is 0 Å². The van der Waals surface area contributed by atoms with Gasteiger partial charge < -0.3 is 5.32 Å². The molecule has 1 aromatic carbocycles. The fourth-order valence-electron chi connectivity index (χ4n) is 2.05. The Morgan fingerprint density at radius 1 is 1.38 bits per heavy atom. The molecule has 16 heavy (non-hydrogen) atoms. The fourth-order valence-corrected chi connectivity index (χ4v) is 2.57. The molecular formula is C10H6Cl2N2O2. The zero-order valence-corrected chi connectivity index (χ0v) is 9.38. The first-order valence-corrected chi connectivity index (χ1v) is 5.34. The number of hydroxylamine groups is 1. The van der Waals surface area contributed by atoms with Gasteiger partial charge in [-0.15, -0.1) is 0 Å². The molecular weight excluding hydrogens is 251 g/mol. The topological polar surface area (TPSA) is 52.6 Å². The molecule has 6 heteroatoms. The number of carbonyl (C=O) groups excluding carboxylic acids is 1. The van der Waals surface area contributed by atoms with Crippen LogP contribution < -0.4 is 10.4 Å². The van der Waals surface area contributed by atoms with E-state index in [-0.39, 0.29) is 10.9 Å². The van der Waals surface area contributed by atoms with Crippen LogP contribution in [-0.4, -0.2) is 17.3 Å². The molecule has 4 nitrogen and oxygen atoms in total. The average Bonchev–Trinajstić information content (AvgIpc) is 2.68. The van der Waals surface area contributed by atoms with E-state index >= 15 is 0 Å². The first kappa shape index (κ1) is 9.96. The lowest BCUT2D eigenvalue weighted by Gasteiger charge is -2.18. The maximum absolute atomic E-state index is 11.4. The SMILES string of the molecule is O=C1NC2C(=C1Cl)c1cccc(Cl)c1N2O.